The highest BCUT2D eigenvalue weighted by molar-refractivity contribution is 5.81. The summed E-state index contributed by atoms with van der Waals surface area (Å²) in [7, 11) is 1.80. The number of rotatable bonds is 7. The first-order chi connectivity index (χ1) is 14.9. The van der Waals surface area contributed by atoms with Crippen LogP contribution in [0.4, 0.5) is 0 Å². The number of para-hydroxylation sites is 1. The highest BCUT2D eigenvalue weighted by Gasteiger charge is 2.29. The Morgan fingerprint density at radius 2 is 1.84 bits per heavy atom. The molecule has 0 saturated heterocycles. The molecule has 0 atom stereocenters. The normalized spacial score (nSPS) is 21.1. The van der Waals surface area contributed by atoms with Crippen molar-refractivity contribution in [3.05, 3.63) is 40.4 Å². The van der Waals surface area contributed by atoms with Crippen LogP contribution in [0.15, 0.2) is 29.1 Å². The van der Waals surface area contributed by atoms with Gasteiger partial charge in [-0.3, -0.25) is 19.0 Å². The fourth-order valence-corrected chi connectivity index (χ4v) is 4.44. The summed E-state index contributed by atoms with van der Waals surface area (Å²) in [5.74, 6) is 0.729. The fourth-order valence-electron chi connectivity index (χ4n) is 4.44. The number of ether oxygens (including phenoxy) is 1. The Kier molecular flexibility index (Phi) is 6.39. The summed E-state index contributed by atoms with van der Waals surface area (Å²) >= 11 is 0. The minimum atomic E-state index is -0.441. The Balaban J connectivity index is 1.34. The molecule has 2 aromatic rings. The van der Waals surface area contributed by atoms with Gasteiger partial charge in [0.05, 0.1) is 17.3 Å². The topological polar surface area (TPSA) is 81.5 Å². The van der Waals surface area contributed by atoms with E-state index >= 15 is 0 Å². The smallest absolute Gasteiger partial charge is 0.306 e. The predicted octanol–water partition coefficient (Wildman–Crippen LogP) is 3.24. The molecule has 1 aromatic heterocycles. The number of hydrogen-bond donors (Lipinski definition) is 0. The number of aromatic nitrogens is 2. The SMILES string of the molecule is CC1CCC(N(C)C(=O)COC(=O)CCc2nc3ccccc3c(=O)n2C2CC2)CC1. The van der Waals surface area contributed by atoms with Crippen molar-refractivity contribution >= 4 is 22.8 Å². The molecule has 1 heterocycles. The van der Waals surface area contributed by atoms with Crippen molar-refractivity contribution in [1.29, 1.82) is 0 Å². The van der Waals surface area contributed by atoms with Gasteiger partial charge in [0.15, 0.2) is 6.61 Å². The maximum Gasteiger partial charge on any atom is 0.306 e. The predicted molar refractivity (Wildman–Crippen MR) is 118 cm³/mol. The van der Waals surface area contributed by atoms with Gasteiger partial charge in [0.2, 0.25) is 0 Å². The van der Waals surface area contributed by atoms with E-state index in [1.165, 1.54) is 0 Å². The third-order valence-corrected chi connectivity index (χ3v) is 6.63. The van der Waals surface area contributed by atoms with Crippen molar-refractivity contribution in [3.8, 4) is 0 Å². The third-order valence-electron chi connectivity index (χ3n) is 6.63. The van der Waals surface area contributed by atoms with Gasteiger partial charge in [-0.2, -0.15) is 0 Å². The van der Waals surface area contributed by atoms with E-state index in [0.717, 1.165) is 38.5 Å². The van der Waals surface area contributed by atoms with E-state index in [2.05, 4.69) is 11.9 Å². The van der Waals surface area contributed by atoms with E-state index in [1.54, 1.807) is 22.6 Å². The van der Waals surface area contributed by atoms with Crippen LogP contribution < -0.4 is 5.56 Å². The van der Waals surface area contributed by atoms with Gasteiger partial charge in [-0.1, -0.05) is 19.1 Å². The van der Waals surface area contributed by atoms with Crippen molar-refractivity contribution in [3.63, 3.8) is 0 Å². The number of nitrogens with zero attached hydrogens (tertiary/aromatic N) is 3. The van der Waals surface area contributed by atoms with Crippen LogP contribution in [-0.4, -0.2) is 46.0 Å². The molecular weight excluding hydrogens is 394 g/mol. The van der Waals surface area contributed by atoms with Gasteiger partial charge in [-0.15, -0.1) is 0 Å². The van der Waals surface area contributed by atoms with Crippen LogP contribution in [0.1, 0.15) is 63.7 Å². The Morgan fingerprint density at radius 3 is 2.55 bits per heavy atom. The molecule has 7 nitrogen and oxygen atoms in total. The van der Waals surface area contributed by atoms with E-state index in [1.807, 2.05) is 18.2 Å². The number of aryl methyl sites for hydroxylation is 1. The number of hydrogen-bond acceptors (Lipinski definition) is 5. The summed E-state index contributed by atoms with van der Waals surface area (Å²) in [6.45, 7) is 2.01. The largest absolute Gasteiger partial charge is 0.456 e. The van der Waals surface area contributed by atoms with Gasteiger partial charge in [-0.05, 0) is 56.6 Å². The van der Waals surface area contributed by atoms with Crippen molar-refractivity contribution in [2.24, 2.45) is 5.92 Å². The second kappa shape index (κ2) is 9.20. The van der Waals surface area contributed by atoms with E-state index < -0.39 is 5.97 Å². The third kappa shape index (κ3) is 4.97. The van der Waals surface area contributed by atoms with Gasteiger partial charge in [0.25, 0.3) is 11.5 Å². The summed E-state index contributed by atoms with van der Waals surface area (Å²) in [6, 6.07) is 7.69. The second-order valence-corrected chi connectivity index (χ2v) is 9.03. The molecule has 166 valence electrons. The van der Waals surface area contributed by atoms with Crippen LogP contribution in [0.25, 0.3) is 10.9 Å². The zero-order valence-corrected chi connectivity index (χ0v) is 18.4. The van der Waals surface area contributed by atoms with Gasteiger partial charge >= 0.3 is 5.97 Å². The summed E-state index contributed by atoms with van der Waals surface area (Å²) in [5, 5.41) is 0.603. The van der Waals surface area contributed by atoms with Crippen LogP contribution in [0, 0.1) is 5.92 Å². The first-order valence-corrected chi connectivity index (χ1v) is 11.4. The van der Waals surface area contributed by atoms with Crippen LogP contribution in [0.2, 0.25) is 0 Å². The standard InChI is InChI=1S/C24H31N3O4/c1-16-7-9-17(10-8-16)26(2)22(28)15-31-23(29)14-13-21-25-20-6-4-3-5-19(20)24(30)27(21)18-11-12-18/h3-6,16-18H,7-15H2,1-2H3. The van der Waals surface area contributed by atoms with Crippen LogP contribution in [0.5, 0.6) is 0 Å². The van der Waals surface area contributed by atoms with Crippen LogP contribution >= 0.6 is 0 Å². The van der Waals surface area contributed by atoms with Gasteiger partial charge in [0, 0.05) is 25.6 Å². The Labute approximate surface area is 182 Å². The maximum atomic E-state index is 12.9. The molecule has 0 spiro atoms. The molecule has 2 aliphatic rings. The number of esters is 1. The molecule has 7 heteroatoms. The van der Waals surface area contributed by atoms with Gasteiger partial charge in [-0.25, -0.2) is 4.98 Å². The first-order valence-electron chi connectivity index (χ1n) is 11.4. The highest BCUT2D eigenvalue weighted by Crippen LogP contribution is 2.35. The molecule has 31 heavy (non-hydrogen) atoms. The Morgan fingerprint density at radius 1 is 1.13 bits per heavy atom. The molecule has 2 fully saturated rings. The monoisotopic (exact) mass is 425 g/mol. The van der Waals surface area contributed by atoms with E-state index in [4.69, 9.17) is 4.74 Å². The quantitative estimate of drug-likeness (QED) is 0.636. The lowest BCUT2D eigenvalue weighted by Gasteiger charge is -2.33. The molecule has 0 unspecified atom stereocenters. The van der Waals surface area contributed by atoms with Gasteiger partial charge < -0.3 is 9.64 Å². The van der Waals surface area contributed by atoms with Crippen molar-refractivity contribution in [2.75, 3.05) is 13.7 Å². The molecule has 0 radical (unpaired) electrons. The molecular formula is C24H31N3O4. The number of carbonyl (C=O) groups excluding carboxylic acids is 2. The lowest BCUT2D eigenvalue weighted by molar-refractivity contribution is -0.152. The van der Waals surface area contributed by atoms with Crippen LogP contribution in [0.3, 0.4) is 0 Å². The number of benzene rings is 1. The molecule has 0 aliphatic heterocycles. The number of amides is 1. The highest BCUT2D eigenvalue weighted by atomic mass is 16.5. The molecule has 0 N–H and O–H groups in total. The zero-order valence-electron chi connectivity index (χ0n) is 18.4. The molecule has 2 saturated carbocycles. The first kappa shape index (κ1) is 21.5. The fraction of sp³-hybridized carbons (Fsp3) is 0.583. The Bertz CT molecular complexity index is 1020. The van der Waals surface area contributed by atoms with Crippen LogP contribution in [-0.2, 0) is 20.7 Å². The molecule has 4 rings (SSSR count). The van der Waals surface area contributed by atoms with E-state index in [0.29, 0.717) is 29.1 Å². The van der Waals surface area contributed by atoms with Crippen molar-refractivity contribution in [1.82, 2.24) is 14.5 Å². The summed E-state index contributed by atoms with van der Waals surface area (Å²) in [6.07, 6.45) is 6.59. The molecule has 1 aromatic carbocycles. The summed E-state index contributed by atoms with van der Waals surface area (Å²) < 4.78 is 6.98. The Hall–Kier alpha value is -2.70. The van der Waals surface area contributed by atoms with Crippen molar-refractivity contribution in [2.45, 2.75) is 70.4 Å². The lowest BCUT2D eigenvalue weighted by Crippen LogP contribution is -2.41. The minimum absolute atomic E-state index is 0.0462. The summed E-state index contributed by atoms with van der Waals surface area (Å²) in [4.78, 5) is 44.0. The zero-order chi connectivity index (χ0) is 22.0. The summed E-state index contributed by atoms with van der Waals surface area (Å²) in [5.41, 5.74) is 0.599. The average Bonchev–Trinajstić information content (AvgIpc) is 3.61. The molecule has 0 bridgehead atoms. The average molecular weight is 426 g/mol. The number of likely N-dealkylation sites (N-methyl/N-ethyl adjacent to an activating group) is 1. The molecule has 1 amide bonds. The molecule has 2 aliphatic carbocycles. The number of fused-ring (bicyclic) bond motifs is 1. The second-order valence-electron chi connectivity index (χ2n) is 9.03. The van der Waals surface area contributed by atoms with E-state index in [-0.39, 0.29) is 36.6 Å². The van der Waals surface area contributed by atoms with Crippen molar-refractivity contribution < 1.29 is 14.3 Å². The maximum absolute atomic E-state index is 12.9. The van der Waals surface area contributed by atoms with E-state index in [9.17, 15) is 14.4 Å². The lowest BCUT2D eigenvalue weighted by atomic mass is 9.87. The van der Waals surface area contributed by atoms with Gasteiger partial charge in [0.1, 0.15) is 5.82 Å². The minimum Gasteiger partial charge on any atom is -0.456 e. The number of carbonyl (C=O) groups is 2.